The van der Waals surface area contributed by atoms with E-state index >= 15 is 0 Å². The number of aromatic nitrogens is 2. The molecule has 1 aromatic heterocycles. The van der Waals surface area contributed by atoms with Crippen LogP contribution in [0.1, 0.15) is 43.0 Å². The van der Waals surface area contributed by atoms with Crippen LogP contribution in [0.5, 0.6) is 5.75 Å². The fourth-order valence-electron chi connectivity index (χ4n) is 3.79. The molecule has 0 bridgehead atoms. The number of alkyl halides is 4. The van der Waals surface area contributed by atoms with Gasteiger partial charge in [0, 0.05) is 43.7 Å². The highest BCUT2D eigenvalue weighted by atomic mass is 32.2. The average molecular weight is 555 g/mol. The first-order chi connectivity index (χ1) is 18.0. The van der Waals surface area contributed by atoms with Crippen molar-refractivity contribution in [3.63, 3.8) is 0 Å². The van der Waals surface area contributed by atoms with Gasteiger partial charge in [-0.3, -0.25) is 14.8 Å². The Morgan fingerprint density at radius 1 is 1.21 bits per heavy atom. The van der Waals surface area contributed by atoms with E-state index in [-0.39, 0.29) is 24.2 Å². The molecule has 0 spiro atoms. The highest BCUT2D eigenvalue weighted by Crippen LogP contribution is 2.31. The Hall–Kier alpha value is -2.96. The van der Waals surface area contributed by atoms with Gasteiger partial charge in [-0.15, -0.1) is 0 Å². The lowest BCUT2D eigenvalue weighted by molar-refractivity contribution is -0.0576. The molecule has 7 nitrogen and oxygen atoms in total. The number of nitrogens with zero attached hydrogens (tertiary/aromatic N) is 3. The van der Waals surface area contributed by atoms with Crippen molar-refractivity contribution in [3.8, 4) is 5.75 Å². The molecule has 1 aliphatic rings. The molecule has 0 aliphatic carbocycles. The van der Waals surface area contributed by atoms with Crippen molar-refractivity contribution in [2.24, 2.45) is 0 Å². The molecule has 1 fully saturated rings. The molecule has 12 heteroatoms. The number of carbonyl (C=O) groups is 1. The van der Waals surface area contributed by atoms with Crippen LogP contribution in [0.25, 0.3) is 11.0 Å². The van der Waals surface area contributed by atoms with E-state index in [9.17, 15) is 27.5 Å². The predicted octanol–water partition coefficient (Wildman–Crippen LogP) is 6.04. The smallest absolute Gasteiger partial charge is 0.387 e. The van der Waals surface area contributed by atoms with Gasteiger partial charge in [-0.1, -0.05) is 6.07 Å². The van der Waals surface area contributed by atoms with E-state index in [0.29, 0.717) is 24.8 Å². The van der Waals surface area contributed by atoms with Gasteiger partial charge in [-0.25, -0.2) is 8.78 Å². The predicted molar refractivity (Wildman–Crippen MR) is 139 cm³/mol. The van der Waals surface area contributed by atoms with Crippen LogP contribution in [0.2, 0.25) is 0 Å². The lowest BCUT2D eigenvalue weighted by Crippen LogP contribution is -2.43. The highest BCUT2D eigenvalue weighted by molar-refractivity contribution is 8.00. The largest absolute Gasteiger partial charge is 0.434 e. The van der Waals surface area contributed by atoms with Crippen molar-refractivity contribution in [1.29, 1.82) is 0 Å². The van der Waals surface area contributed by atoms with E-state index in [2.05, 4.69) is 24.3 Å². The Kier molecular flexibility index (Phi) is 10.3. The van der Waals surface area contributed by atoms with Crippen LogP contribution in [-0.4, -0.2) is 64.5 Å². The minimum atomic E-state index is -3.00. The van der Waals surface area contributed by atoms with Crippen molar-refractivity contribution in [2.75, 3.05) is 24.9 Å². The molecule has 1 aliphatic heterocycles. The van der Waals surface area contributed by atoms with E-state index in [0.717, 1.165) is 35.9 Å². The lowest BCUT2D eigenvalue weighted by Gasteiger charge is -2.37. The number of rotatable bonds is 9. The molecule has 3 aromatic rings. The van der Waals surface area contributed by atoms with Crippen LogP contribution in [0.3, 0.4) is 0 Å². The third-order valence-electron chi connectivity index (χ3n) is 6.04. The van der Waals surface area contributed by atoms with Gasteiger partial charge < -0.3 is 19.5 Å². The molecule has 0 radical (unpaired) electrons. The molecule has 38 heavy (non-hydrogen) atoms. The second-order valence-electron chi connectivity index (χ2n) is 9.23. The van der Waals surface area contributed by atoms with Crippen LogP contribution in [0.15, 0.2) is 53.7 Å². The highest BCUT2D eigenvalue weighted by Gasteiger charge is 2.34. The number of hydrogen-bond acceptors (Lipinski definition) is 8. The summed E-state index contributed by atoms with van der Waals surface area (Å²) in [6.45, 7) is -0.497. The van der Waals surface area contributed by atoms with E-state index < -0.39 is 18.1 Å². The summed E-state index contributed by atoms with van der Waals surface area (Å²) in [6, 6.07) is 9.93. The first kappa shape index (κ1) is 29.6. The summed E-state index contributed by atoms with van der Waals surface area (Å²) in [4.78, 5) is 22.3. The van der Waals surface area contributed by atoms with E-state index in [1.165, 1.54) is 24.1 Å². The van der Waals surface area contributed by atoms with Gasteiger partial charge in [-0.2, -0.15) is 8.78 Å². The second-order valence-corrected chi connectivity index (χ2v) is 10.1. The monoisotopic (exact) mass is 554 g/mol. The fourth-order valence-corrected chi connectivity index (χ4v) is 4.55. The Morgan fingerprint density at radius 2 is 1.92 bits per heavy atom. The normalized spacial score (nSPS) is 15.6. The minimum Gasteiger partial charge on any atom is -0.434 e. The molecule has 2 N–H and O–H groups in total. The summed E-state index contributed by atoms with van der Waals surface area (Å²) < 4.78 is 57.4. The number of benzene rings is 2. The second kappa shape index (κ2) is 13.2. The SMILES string of the molecule is CN1CCC(O)(CCC(C)(F)F)CC1.O=Cc1ccc(NSc2cccc3nccnc23)cc1OC(F)F. The van der Waals surface area contributed by atoms with Crippen molar-refractivity contribution in [3.05, 3.63) is 54.4 Å². The lowest BCUT2D eigenvalue weighted by atomic mass is 9.86. The molecule has 206 valence electrons. The van der Waals surface area contributed by atoms with Crippen LogP contribution in [0.4, 0.5) is 23.2 Å². The van der Waals surface area contributed by atoms with E-state index in [1.54, 1.807) is 18.5 Å². The maximum absolute atomic E-state index is 12.6. The van der Waals surface area contributed by atoms with Gasteiger partial charge in [0.05, 0.1) is 21.6 Å². The van der Waals surface area contributed by atoms with Crippen molar-refractivity contribution >= 4 is 35.0 Å². The molecular weight excluding hydrogens is 524 g/mol. The Bertz CT molecular complexity index is 1200. The summed E-state index contributed by atoms with van der Waals surface area (Å²) in [5.74, 6) is -2.83. The van der Waals surface area contributed by atoms with Crippen molar-refractivity contribution in [2.45, 2.75) is 55.6 Å². The number of hydrogen-bond donors (Lipinski definition) is 2. The van der Waals surface area contributed by atoms with Gasteiger partial charge in [0.25, 0.3) is 0 Å². The number of aliphatic hydroxyl groups is 1. The van der Waals surface area contributed by atoms with Crippen LogP contribution in [-0.2, 0) is 0 Å². The summed E-state index contributed by atoms with van der Waals surface area (Å²) in [5, 5.41) is 9.99. The molecule has 0 unspecified atom stereocenters. The van der Waals surface area contributed by atoms with Gasteiger partial charge in [0.2, 0.25) is 5.92 Å². The van der Waals surface area contributed by atoms with Gasteiger partial charge >= 0.3 is 6.61 Å². The summed E-state index contributed by atoms with van der Waals surface area (Å²) >= 11 is 1.26. The maximum atomic E-state index is 12.6. The topological polar surface area (TPSA) is 87.6 Å². The number of para-hydroxylation sites is 1. The van der Waals surface area contributed by atoms with Crippen molar-refractivity contribution < 1.29 is 32.2 Å². The number of aldehydes is 1. The molecule has 2 heterocycles. The minimum absolute atomic E-state index is 0.0573. The van der Waals surface area contributed by atoms with Gasteiger partial charge in [-0.05, 0) is 69.4 Å². The number of halogens is 4. The number of fused-ring (bicyclic) bond motifs is 1. The first-order valence-electron chi connectivity index (χ1n) is 11.9. The van der Waals surface area contributed by atoms with Crippen LogP contribution < -0.4 is 9.46 Å². The number of anilines is 1. The quantitative estimate of drug-likeness (QED) is 0.188. The molecular formula is C26H30F4N4O3S. The fraction of sp³-hybridized carbons (Fsp3) is 0.423. The number of piperidine rings is 1. The van der Waals surface area contributed by atoms with Crippen LogP contribution in [0, 0.1) is 0 Å². The molecule has 0 amide bonds. The third-order valence-corrected chi connectivity index (χ3v) is 6.93. The Morgan fingerprint density at radius 3 is 2.58 bits per heavy atom. The summed E-state index contributed by atoms with van der Waals surface area (Å²) in [7, 11) is 1.98. The van der Waals surface area contributed by atoms with E-state index in [1.807, 2.05) is 25.2 Å². The number of ether oxygens (including phenoxy) is 1. The number of likely N-dealkylation sites (tertiary alicyclic amines) is 1. The van der Waals surface area contributed by atoms with Gasteiger partial charge in [0.1, 0.15) is 11.3 Å². The third kappa shape index (κ3) is 9.10. The molecule has 2 aromatic carbocycles. The summed E-state index contributed by atoms with van der Waals surface area (Å²) in [6.07, 6.45) is 4.89. The van der Waals surface area contributed by atoms with Crippen LogP contribution >= 0.6 is 11.9 Å². The number of nitrogens with one attached hydrogen (secondary N) is 1. The average Bonchev–Trinajstić information content (AvgIpc) is 2.88. The standard InChI is InChI=1S/C16H11F2N3O2S.C10H19F2NO/c17-16(18)23-13-8-11(5-4-10(13)9-22)21-24-14-3-1-2-12-15(14)20-7-6-19-12;1-9(11,12)3-4-10(14)5-7-13(2)8-6-10/h1-9,16,21H;14H,3-8H2,1-2H3. The summed E-state index contributed by atoms with van der Waals surface area (Å²) in [5.41, 5.74) is 1.20. The maximum Gasteiger partial charge on any atom is 0.387 e. The Labute approximate surface area is 222 Å². The molecule has 0 atom stereocenters. The van der Waals surface area contributed by atoms with E-state index in [4.69, 9.17) is 0 Å². The zero-order valence-corrected chi connectivity index (χ0v) is 21.9. The van der Waals surface area contributed by atoms with Gasteiger partial charge in [0.15, 0.2) is 6.29 Å². The number of carbonyl (C=O) groups excluding carboxylic acids is 1. The zero-order valence-electron chi connectivity index (χ0n) is 21.0. The molecule has 4 rings (SSSR count). The first-order valence-corrected chi connectivity index (χ1v) is 12.7. The molecule has 0 saturated carbocycles. The Balaban J connectivity index is 0.000000244. The zero-order chi connectivity index (χ0) is 27.8. The molecule has 1 saturated heterocycles. The van der Waals surface area contributed by atoms with Crippen molar-refractivity contribution in [1.82, 2.24) is 14.9 Å².